The zero-order valence-corrected chi connectivity index (χ0v) is 11.8. The van der Waals surface area contributed by atoms with E-state index in [0.717, 1.165) is 26.2 Å². The fraction of sp³-hybridized carbons (Fsp3) is 0.923. The molecular weight excluding hydrogens is 230 g/mol. The summed E-state index contributed by atoms with van der Waals surface area (Å²) in [5, 5.41) is 2.89. The molecule has 1 aliphatic rings. The number of ether oxygens (including phenoxy) is 1. The van der Waals surface area contributed by atoms with Gasteiger partial charge in [0.05, 0.1) is 12.7 Å². The predicted octanol–water partition coefficient (Wildman–Crippen LogP) is 0.197. The average molecular weight is 257 g/mol. The molecule has 18 heavy (non-hydrogen) atoms. The lowest BCUT2D eigenvalue weighted by atomic mass is 10.1. The lowest BCUT2D eigenvalue weighted by Crippen LogP contribution is -2.48. The largest absolute Gasteiger partial charge is 0.374 e. The molecule has 1 heterocycles. The van der Waals surface area contributed by atoms with Crippen molar-refractivity contribution < 1.29 is 9.53 Å². The molecule has 2 atom stereocenters. The van der Waals surface area contributed by atoms with Gasteiger partial charge in [-0.1, -0.05) is 13.8 Å². The van der Waals surface area contributed by atoms with Gasteiger partial charge in [0.25, 0.3) is 0 Å². The summed E-state index contributed by atoms with van der Waals surface area (Å²) >= 11 is 0. The zero-order valence-electron chi connectivity index (χ0n) is 11.8. The maximum atomic E-state index is 11.5. The molecular formula is C13H27N3O2. The normalized spacial score (nSPS) is 23.1. The van der Waals surface area contributed by atoms with Crippen LogP contribution in [0, 0.1) is 5.92 Å². The molecule has 0 saturated carbocycles. The molecule has 0 radical (unpaired) electrons. The number of carbonyl (C=O) groups excluding carboxylic acids is 1. The first-order valence-corrected chi connectivity index (χ1v) is 6.83. The van der Waals surface area contributed by atoms with E-state index in [1.807, 2.05) is 6.92 Å². The SMILES string of the molecule is CC(C)CN1CCOC(CNC(=O)CC(C)N)C1. The van der Waals surface area contributed by atoms with Crippen molar-refractivity contribution in [1.29, 1.82) is 0 Å². The van der Waals surface area contributed by atoms with Gasteiger partial charge in [0.15, 0.2) is 0 Å². The van der Waals surface area contributed by atoms with Crippen molar-refractivity contribution in [2.75, 3.05) is 32.8 Å². The molecule has 5 nitrogen and oxygen atoms in total. The number of nitrogens with zero attached hydrogens (tertiary/aromatic N) is 1. The molecule has 0 bridgehead atoms. The van der Waals surface area contributed by atoms with Crippen LogP contribution in [0.3, 0.4) is 0 Å². The first kappa shape index (κ1) is 15.4. The van der Waals surface area contributed by atoms with Gasteiger partial charge in [-0.2, -0.15) is 0 Å². The van der Waals surface area contributed by atoms with Crippen LogP contribution in [0.15, 0.2) is 0 Å². The predicted molar refractivity (Wildman–Crippen MR) is 72.3 cm³/mol. The fourth-order valence-corrected chi connectivity index (χ4v) is 2.18. The van der Waals surface area contributed by atoms with Gasteiger partial charge in [-0.05, 0) is 12.8 Å². The van der Waals surface area contributed by atoms with Gasteiger partial charge in [-0.15, -0.1) is 0 Å². The minimum Gasteiger partial charge on any atom is -0.374 e. The van der Waals surface area contributed by atoms with Crippen LogP contribution in [-0.4, -0.2) is 55.7 Å². The molecule has 0 aliphatic carbocycles. The lowest BCUT2D eigenvalue weighted by molar-refractivity contribution is -0.122. The average Bonchev–Trinajstić information content (AvgIpc) is 2.25. The van der Waals surface area contributed by atoms with Gasteiger partial charge in [0.1, 0.15) is 0 Å². The fourth-order valence-electron chi connectivity index (χ4n) is 2.18. The first-order chi connectivity index (χ1) is 8.47. The molecule has 2 unspecified atom stereocenters. The quantitative estimate of drug-likeness (QED) is 0.713. The summed E-state index contributed by atoms with van der Waals surface area (Å²) in [7, 11) is 0. The van der Waals surface area contributed by atoms with E-state index >= 15 is 0 Å². The molecule has 106 valence electrons. The molecule has 0 aromatic rings. The molecule has 0 aromatic heterocycles. The summed E-state index contributed by atoms with van der Waals surface area (Å²) in [5.74, 6) is 0.672. The van der Waals surface area contributed by atoms with Crippen LogP contribution in [0.2, 0.25) is 0 Å². The van der Waals surface area contributed by atoms with Gasteiger partial charge in [0.2, 0.25) is 5.91 Å². The third kappa shape index (κ3) is 6.33. The minimum absolute atomic E-state index is 0.00887. The second-order valence-corrected chi connectivity index (χ2v) is 5.63. The second-order valence-electron chi connectivity index (χ2n) is 5.63. The van der Waals surface area contributed by atoms with Crippen molar-refractivity contribution in [3.63, 3.8) is 0 Å². The van der Waals surface area contributed by atoms with Crippen LogP contribution in [0.5, 0.6) is 0 Å². The zero-order chi connectivity index (χ0) is 13.5. The molecule has 3 N–H and O–H groups in total. The molecule has 1 saturated heterocycles. The van der Waals surface area contributed by atoms with E-state index in [0.29, 0.717) is 18.9 Å². The summed E-state index contributed by atoms with van der Waals surface area (Å²) in [4.78, 5) is 13.9. The van der Waals surface area contributed by atoms with Crippen LogP contribution in [0.1, 0.15) is 27.2 Å². The van der Waals surface area contributed by atoms with Crippen LogP contribution >= 0.6 is 0 Å². The Morgan fingerprint density at radius 1 is 1.50 bits per heavy atom. The number of carbonyl (C=O) groups is 1. The Morgan fingerprint density at radius 3 is 2.83 bits per heavy atom. The van der Waals surface area contributed by atoms with Crippen LogP contribution < -0.4 is 11.1 Å². The third-order valence-corrected chi connectivity index (χ3v) is 2.88. The van der Waals surface area contributed by atoms with Gasteiger partial charge in [-0.25, -0.2) is 0 Å². The number of morpholine rings is 1. The third-order valence-electron chi connectivity index (χ3n) is 2.88. The van der Waals surface area contributed by atoms with E-state index in [4.69, 9.17) is 10.5 Å². The number of nitrogens with two attached hydrogens (primary N) is 1. The number of hydrogen-bond donors (Lipinski definition) is 2. The number of amides is 1. The second kappa shape index (κ2) is 7.71. The Labute approximate surface area is 110 Å². The summed E-state index contributed by atoms with van der Waals surface area (Å²) in [6.45, 7) is 10.6. The van der Waals surface area contributed by atoms with Gasteiger partial charge in [0, 0.05) is 38.6 Å². The topological polar surface area (TPSA) is 67.6 Å². The Balaban J connectivity index is 2.23. The van der Waals surface area contributed by atoms with Gasteiger partial charge >= 0.3 is 0 Å². The summed E-state index contributed by atoms with van der Waals surface area (Å²) < 4.78 is 5.66. The van der Waals surface area contributed by atoms with E-state index in [1.165, 1.54) is 0 Å². The van der Waals surface area contributed by atoms with Crippen LogP contribution in [0.4, 0.5) is 0 Å². The van der Waals surface area contributed by atoms with E-state index in [2.05, 4.69) is 24.1 Å². The maximum Gasteiger partial charge on any atom is 0.221 e. The Morgan fingerprint density at radius 2 is 2.22 bits per heavy atom. The Bertz CT molecular complexity index is 257. The summed E-state index contributed by atoms with van der Waals surface area (Å²) in [5.41, 5.74) is 5.58. The van der Waals surface area contributed by atoms with Crippen molar-refractivity contribution in [2.24, 2.45) is 11.7 Å². The number of hydrogen-bond acceptors (Lipinski definition) is 4. The van der Waals surface area contributed by atoms with Crippen LogP contribution in [-0.2, 0) is 9.53 Å². The minimum atomic E-state index is -0.0882. The summed E-state index contributed by atoms with van der Waals surface area (Å²) in [6, 6.07) is -0.0882. The Hall–Kier alpha value is -0.650. The lowest BCUT2D eigenvalue weighted by Gasteiger charge is -2.34. The van der Waals surface area contributed by atoms with Crippen LogP contribution in [0.25, 0.3) is 0 Å². The van der Waals surface area contributed by atoms with Crippen molar-refractivity contribution in [3.8, 4) is 0 Å². The van der Waals surface area contributed by atoms with Gasteiger partial charge in [-0.3, -0.25) is 9.69 Å². The highest BCUT2D eigenvalue weighted by Gasteiger charge is 2.21. The molecule has 1 rings (SSSR count). The number of rotatable bonds is 6. The van der Waals surface area contributed by atoms with E-state index < -0.39 is 0 Å². The molecule has 0 aromatic carbocycles. The molecule has 1 aliphatic heterocycles. The highest BCUT2D eigenvalue weighted by Crippen LogP contribution is 2.07. The van der Waals surface area contributed by atoms with Crippen molar-refractivity contribution in [3.05, 3.63) is 0 Å². The van der Waals surface area contributed by atoms with E-state index in [-0.39, 0.29) is 18.1 Å². The first-order valence-electron chi connectivity index (χ1n) is 6.83. The van der Waals surface area contributed by atoms with Gasteiger partial charge < -0.3 is 15.8 Å². The Kier molecular flexibility index (Phi) is 6.60. The molecule has 0 spiro atoms. The van der Waals surface area contributed by atoms with Crippen molar-refractivity contribution in [2.45, 2.75) is 39.3 Å². The highest BCUT2D eigenvalue weighted by molar-refractivity contribution is 5.76. The highest BCUT2D eigenvalue weighted by atomic mass is 16.5. The maximum absolute atomic E-state index is 11.5. The number of nitrogens with one attached hydrogen (secondary N) is 1. The molecule has 1 amide bonds. The van der Waals surface area contributed by atoms with E-state index in [9.17, 15) is 4.79 Å². The monoisotopic (exact) mass is 257 g/mol. The standard InChI is InChI=1S/C13H27N3O2/c1-10(2)8-16-4-5-18-12(9-16)7-15-13(17)6-11(3)14/h10-12H,4-9,14H2,1-3H3,(H,15,17). The molecule has 1 fully saturated rings. The van der Waals surface area contributed by atoms with Crippen molar-refractivity contribution >= 4 is 5.91 Å². The smallest absolute Gasteiger partial charge is 0.221 e. The molecule has 5 heteroatoms. The summed E-state index contributed by atoms with van der Waals surface area (Å²) in [6.07, 6.45) is 0.483. The van der Waals surface area contributed by atoms with E-state index in [1.54, 1.807) is 0 Å². The van der Waals surface area contributed by atoms with Crippen molar-refractivity contribution in [1.82, 2.24) is 10.2 Å².